The number of ether oxygens (including phenoxy) is 2. The van der Waals surface area contributed by atoms with E-state index in [1.165, 1.54) is 0 Å². The van der Waals surface area contributed by atoms with Gasteiger partial charge in [0.2, 0.25) is 11.6 Å². The van der Waals surface area contributed by atoms with Crippen molar-refractivity contribution in [2.24, 2.45) is 0 Å². The molecule has 0 fully saturated rings. The van der Waals surface area contributed by atoms with E-state index in [-0.39, 0.29) is 0 Å². The Kier molecular flexibility index (Phi) is 4.33. The van der Waals surface area contributed by atoms with Gasteiger partial charge in [-0.2, -0.15) is 0 Å². The summed E-state index contributed by atoms with van der Waals surface area (Å²) in [6, 6.07) is 15.2. The molecule has 0 radical (unpaired) electrons. The first-order valence-electron chi connectivity index (χ1n) is 8.12. The van der Waals surface area contributed by atoms with Crippen LogP contribution in [0.5, 0.6) is 11.5 Å². The molecule has 0 saturated heterocycles. The van der Waals surface area contributed by atoms with Crippen LogP contribution in [0.25, 0.3) is 22.8 Å². The molecule has 3 aromatic rings. The van der Waals surface area contributed by atoms with Crippen LogP contribution in [0.2, 0.25) is 0 Å². The molecule has 2 aliphatic rings. The largest absolute Gasteiger partial charge is 0.493 e. The van der Waals surface area contributed by atoms with Gasteiger partial charge in [-0.25, -0.2) is 0 Å². The van der Waals surface area contributed by atoms with Crippen LogP contribution in [0.15, 0.2) is 60.9 Å². The van der Waals surface area contributed by atoms with Gasteiger partial charge in [0.25, 0.3) is 0 Å². The third-order valence-electron chi connectivity index (χ3n) is 3.80. The number of rotatable bonds is 0. The highest BCUT2D eigenvalue weighted by Crippen LogP contribution is 2.29. The van der Waals surface area contributed by atoms with E-state index < -0.39 is 0 Å². The highest BCUT2D eigenvalue weighted by Gasteiger charge is 2.14. The summed E-state index contributed by atoms with van der Waals surface area (Å²) in [4.78, 5) is 0. The second-order valence-corrected chi connectivity index (χ2v) is 5.52. The molecule has 0 N–H and O–H groups in total. The Balaban J connectivity index is 1.80. The third kappa shape index (κ3) is 3.33. The van der Waals surface area contributed by atoms with Gasteiger partial charge in [0, 0.05) is 0 Å². The quantitative estimate of drug-likeness (QED) is 0.625. The van der Waals surface area contributed by atoms with Crippen LogP contribution in [-0.4, -0.2) is 27.0 Å². The van der Waals surface area contributed by atoms with E-state index in [1.807, 2.05) is 54.6 Å². The Morgan fingerprint density at radius 2 is 1.32 bits per heavy atom. The summed E-state index contributed by atoms with van der Waals surface area (Å²) in [5, 5.41) is 16.9. The predicted octanol–water partition coefficient (Wildman–Crippen LogP) is 3.67. The lowest BCUT2D eigenvalue weighted by Gasteiger charge is -2.09. The van der Waals surface area contributed by atoms with E-state index in [2.05, 4.69) is 20.4 Å². The van der Waals surface area contributed by atoms with E-state index in [0.29, 0.717) is 24.0 Å². The number of hydrogen-bond acceptors (Lipinski definition) is 6. The molecule has 5 rings (SSSR count). The molecule has 6 heteroatoms. The molecule has 2 aliphatic heterocycles. The maximum Gasteiger partial charge on any atom is 0.207 e. The maximum atomic E-state index is 5.87. The summed E-state index contributed by atoms with van der Waals surface area (Å²) in [6.07, 6.45) is 5.40. The van der Waals surface area contributed by atoms with Crippen LogP contribution < -0.4 is 9.47 Å². The highest BCUT2D eigenvalue weighted by molar-refractivity contribution is 5.65. The number of benzene rings is 2. The normalized spacial score (nSPS) is 14.9. The van der Waals surface area contributed by atoms with Crippen molar-refractivity contribution in [3.05, 3.63) is 60.9 Å². The minimum absolute atomic E-state index is 0.418. The number of hydrogen-bond donors (Lipinski definition) is 0. The lowest BCUT2D eigenvalue weighted by Crippen LogP contribution is -2.02. The summed E-state index contributed by atoms with van der Waals surface area (Å²) in [6.45, 7) is 0.594. The average Bonchev–Trinajstić information content (AvgIpc) is 2.68. The molecule has 0 aliphatic carbocycles. The molecule has 3 heterocycles. The summed E-state index contributed by atoms with van der Waals surface area (Å²) < 4.78 is 11.6. The summed E-state index contributed by atoms with van der Waals surface area (Å²) in [7, 11) is 0. The molecule has 1 aromatic heterocycles. The van der Waals surface area contributed by atoms with Gasteiger partial charge in [-0.15, -0.1) is 20.4 Å². The van der Waals surface area contributed by atoms with Gasteiger partial charge in [-0.1, -0.05) is 24.3 Å². The zero-order valence-corrected chi connectivity index (χ0v) is 13.5. The zero-order chi connectivity index (χ0) is 16.9. The molecule has 0 saturated carbocycles. The van der Waals surface area contributed by atoms with Gasteiger partial charge < -0.3 is 9.47 Å². The second kappa shape index (κ2) is 7.09. The summed E-state index contributed by atoms with van der Waals surface area (Å²) >= 11 is 0. The highest BCUT2D eigenvalue weighted by atomic mass is 16.5. The molecule has 0 atom stereocenters. The van der Waals surface area contributed by atoms with Crippen molar-refractivity contribution >= 4 is 0 Å². The summed E-state index contributed by atoms with van der Waals surface area (Å²) in [5.41, 5.74) is 1.53. The van der Waals surface area contributed by atoms with E-state index >= 15 is 0 Å². The molecule has 0 unspecified atom stereocenters. The number of aromatic nitrogens is 4. The van der Waals surface area contributed by atoms with E-state index in [9.17, 15) is 0 Å². The topological polar surface area (TPSA) is 70.0 Å². The predicted molar refractivity (Wildman–Crippen MR) is 93.0 cm³/mol. The molecular weight excluding hydrogens is 316 g/mol. The first-order valence-corrected chi connectivity index (χ1v) is 8.12. The van der Waals surface area contributed by atoms with Crippen LogP contribution >= 0.6 is 0 Å². The summed E-state index contributed by atoms with van der Waals surface area (Å²) in [5.74, 6) is 2.25. The Hall–Kier alpha value is -3.28. The fraction of sp³-hybridized carbons (Fsp3) is 0.158. The first kappa shape index (κ1) is 15.3. The lowest BCUT2D eigenvalue weighted by molar-refractivity contribution is 0.312. The van der Waals surface area contributed by atoms with E-state index in [4.69, 9.17) is 9.47 Å². The van der Waals surface area contributed by atoms with Crippen LogP contribution in [0, 0.1) is 0 Å². The van der Waals surface area contributed by atoms with E-state index in [1.54, 1.807) is 6.26 Å². The lowest BCUT2D eigenvalue weighted by atomic mass is 10.2. The van der Waals surface area contributed by atoms with Gasteiger partial charge in [-0.05, 0) is 43.2 Å². The van der Waals surface area contributed by atoms with Crippen molar-refractivity contribution in [3.63, 3.8) is 0 Å². The van der Waals surface area contributed by atoms with Crippen LogP contribution in [-0.2, 0) is 0 Å². The number of fused-ring (bicyclic) bond motifs is 7. The van der Waals surface area contributed by atoms with Crippen molar-refractivity contribution in [2.75, 3.05) is 6.61 Å². The number of nitrogens with zero attached hydrogens (tertiary/aromatic N) is 4. The van der Waals surface area contributed by atoms with Crippen LogP contribution in [0.1, 0.15) is 12.8 Å². The average molecular weight is 332 g/mol. The molecular formula is C19H16N4O2. The van der Waals surface area contributed by atoms with Gasteiger partial charge >= 0.3 is 0 Å². The minimum Gasteiger partial charge on any atom is -0.493 e. The minimum atomic E-state index is 0.418. The maximum absolute atomic E-state index is 5.87. The van der Waals surface area contributed by atoms with Crippen molar-refractivity contribution < 1.29 is 9.47 Å². The second-order valence-electron chi connectivity index (χ2n) is 5.52. The van der Waals surface area contributed by atoms with Gasteiger partial charge in [-0.3, -0.25) is 0 Å². The molecule has 2 aromatic carbocycles. The first-order chi connectivity index (χ1) is 12.4. The monoisotopic (exact) mass is 332 g/mol. The van der Waals surface area contributed by atoms with Crippen molar-refractivity contribution in [1.82, 2.24) is 20.4 Å². The Labute approximate surface area is 145 Å². The molecule has 0 spiro atoms. The molecule has 124 valence electrons. The fourth-order valence-electron chi connectivity index (χ4n) is 2.55. The van der Waals surface area contributed by atoms with E-state index in [0.717, 1.165) is 29.7 Å². The SMILES string of the molecule is C1=C\Oc2ccccc2-c2nnc(nn2)-c2ccccc2OCCC/1. The van der Waals surface area contributed by atoms with Gasteiger partial charge in [0.15, 0.2) is 0 Å². The molecule has 0 amide bonds. The van der Waals surface area contributed by atoms with Gasteiger partial charge in [0.05, 0.1) is 24.0 Å². The van der Waals surface area contributed by atoms with Crippen molar-refractivity contribution in [3.8, 4) is 34.3 Å². The van der Waals surface area contributed by atoms with Crippen molar-refractivity contribution in [1.29, 1.82) is 0 Å². The Morgan fingerprint density at radius 3 is 2.04 bits per heavy atom. The van der Waals surface area contributed by atoms with Gasteiger partial charge in [0.1, 0.15) is 11.5 Å². The Morgan fingerprint density at radius 1 is 0.720 bits per heavy atom. The van der Waals surface area contributed by atoms with Crippen LogP contribution in [0.4, 0.5) is 0 Å². The fourth-order valence-corrected chi connectivity index (χ4v) is 2.55. The number of allylic oxidation sites excluding steroid dienone is 1. The zero-order valence-electron chi connectivity index (χ0n) is 13.5. The number of para-hydroxylation sites is 2. The Bertz CT molecular complexity index is 894. The molecule has 6 nitrogen and oxygen atoms in total. The van der Waals surface area contributed by atoms with Crippen LogP contribution in [0.3, 0.4) is 0 Å². The molecule has 25 heavy (non-hydrogen) atoms. The standard InChI is InChI=1S/C19H16N4O2/c1-6-12-24-16-10-4-2-8-14(16)18-20-22-19(23-21-18)15-9-3-5-11-17(15)25-13-7-1/h2-6,8-12H,1,7,13H2/b12-6-. The smallest absolute Gasteiger partial charge is 0.207 e. The third-order valence-corrected chi connectivity index (χ3v) is 3.80. The molecule has 2 bridgehead atoms. The van der Waals surface area contributed by atoms with Crippen molar-refractivity contribution in [2.45, 2.75) is 12.8 Å².